The maximum absolute atomic E-state index is 10.4. The molecule has 0 amide bonds. The summed E-state index contributed by atoms with van der Waals surface area (Å²) < 4.78 is 28.1. The summed E-state index contributed by atoms with van der Waals surface area (Å²) >= 11 is 0. The first kappa shape index (κ1) is 11.8. The second-order valence-electron chi connectivity index (χ2n) is 2.71. The molecule has 0 radical (unpaired) electrons. The molecule has 3 N–H and O–H groups in total. The Morgan fingerprint density at radius 1 is 1.50 bits per heavy atom. The molecular weight excluding hydrogens is 180 g/mol. The predicted molar refractivity (Wildman–Crippen MR) is 46.8 cm³/mol. The van der Waals surface area contributed by atoms with Gasteiger partial charge in [-0.15, -0.1) is 0 Å². The van der Waals surface area contributed by atoms with Gasteiger partial charge in [-0.2, -0.15) is 8.42 Å². The minimum absolute atomic E-state index is 0.180. The van der Waals surface area contributed by atoms with Crippen molar-refractivity contribution in [1.82, 2.24) is 4.72 Å². The highest BCUT2D eigenvalue weighted by Crippen LogP contribution is 1.89. The van der Waals surface area contributed by atoms with E-state index < -0.39 is 10.2 Å². The molecule has 74 valence electrons. The highest BCUT2D eigenvalue weighted by molar-refractivity contribution is 7.87. The fourth-order valence-corrected chi connectivity index (χ4v) is 1.03. The second kappa shape index (κ2) is 5.47. The molecule has 0 unspecified atom stereocenters. The van der Waals surface area contributed by atoms with Gasteiger partial charge in [-0.1, -0.05) is 0 Å². The van der Waals surface area contributed by atoms with Gasteiger partial charge in [-0.25, -0.2) is 9.86 Å². The Morgan fingerprint density at radius 2 is 2.08 bits per heavy atom. The van der Waals surface area contributed by atoms with Crippen LogP contribution in [0.5, 0.6) is 0 Å². The average molecular weight is 196 g/mol. The Morgan fingerprint density at radius 3 is 2.50 bits per heavy atom. The average Bonchev–Trinajstić information content (AvgIpc) is 1.83. The quantitative estimate of drug-likeness (QED) is 0.567. The van der Waals surface area contributed by atoms with Crippen molar-refractivity contribution in [2.75, 3.05) is 13.2 Å². The predicted octanol–water partition coefficient (Wildman–Crippen LogP) is -0.405. The molecule has 0 rings (SSSR count). The zero-order valence-electron chi connectivity index (χ0n) is 7.41. The monoisotopic (exact) mass is 196 g/mol. The zero-order valence-corrected chi connectivity index (χ0v) is 8.23. The Labute approximate surface area is 73.5 Å². The van der Waals surface area contributed by atoms with Crippen LogP contribution in [0.2, 0.25) is 0 Å². The van der Waals surface area contributed by atoms with E-state index >= 15 is 0 Å². The number of ether oxygens (including phenoxy) is 1. The molecular formula is C6H16N2O3S. The van der Waals surface area contributed by atoms with Crippen LogP contribution in [0.15, 0.2) is 0 Å². The molecule has 0 aromatic heterocycles. The molecule has 0 aromatic carbocycles. The molecule has 0 fully saturated rings. The first-order valence-electron chi connectivity index (χ1n) is 3.81. The van der Waals surface area contributed by atoms with E-state index in [4.69, 9.17) is 9.88 Å². The van der Waals surface area contributed by atoms with E-state index in [1.165, 1.54) is 0 Å². The second-order valence-corrected chi connectivity index (χ2v) is 4.09. The van der Waals surface area contributed by atoms with Crippen molar-refractivity contribution < 1.29 is 13.2 Å². The Hall–Kier alpha value is -0.170. The zero-order chi connectivity index (χ0) is 9.61. The van der Waals surface area contributed by atoms with E-state index in [9.17, 15) is 8.42 Å². The summed E-state index contributed by atoms with van der Waals surface area (Å²) in [5, 5.41) is 4.70. The number of nitrogens with one attached hydrogen (secondary N) is 1. The Bertz CT molecular complexity index is 201. The lowest BCUT2D eigenvalue weighted by Crippen LogP contribution is -2.32. The lowest BCUT2D eigenvalue weighted by molar-refractivity contribution is 0.0778. The van der Waals surface area contributed by atoms with Crippen LogP contribution in [0.25, 0.3) is 0 Å². The molecule has 6 heteroatoms. The van der Waals surface area contributed by atoms with Gasteiger partial charge < -0.3 is 4.74 Å². The van der Waals surface area contributed by atoms with Gasteiger partial charge in [0.2, 0.25) is 0 Å². The van der Waals surface area contributed by atoms with Crippen LogP contribution in [0.3, 0.4) is 0 Å². The molecule has 0 aliphatic carbocycles. The van der Waals surface area contributed by atoms with Gasteiger partial charge in [0.05, 0.1) is 6.10 Å². The summed E-state index contributed by atoms with van der Waals surface area (Å²) in [6, 6.07) is 0. The van der Waals surface area contributed by atoms with E-state index in [-0.39, 0.29) is 6.10 Å². The standard InChI is InChI=1S/C6H16N2O3S/c1-6(2)11-5-3-4-8-12(7,9)10/h6,8H,3-5H2,1-2H3,(H2,7,9,10). The van der Waals surface area contributed by atoms with E-state index in [2.05, 4.69) is 4.72 Å². The summed E-state index contributed by atoms with van der Waals surface area (Å²) in [6.45, 7) is 4.71. The third kappa shape index (κ3) is 9.83. The third-order valence-electron chi connectivity index (χ3n) is 1.08. The van der Waals surface area contributed by atoms with Crippen LogP contribution in [0.4, 0.5) is 0 Å². The Kier molecular flexibility index (Phi) is 5.39. The largest absolute Gasteiger partial charge is 0.379 e. The van der Waals surface area contributed by atoms with Crippen molar-refractivity contribution >= 4 is 10.2 Å². The smallest absolute Gasteiger partial charge is 0.274 e. The van der Waals surface area contributed by atoms with Gasteiger partial charge in [-0.3, -0.25) is 0 Å². The summed E-state index contributed by atoms with van der Waals surface area (Å²) in [6.07, 6.45) is 0.814. The molecule has 0 aromatic rings. The van der Waals surface area contributed by atoms with Crippen molar-refractivity contribution in [3.63, 3.8) is 0 Å². The number of hydrogen-bond acceptors (Lipinski definition) is 3. The maximum atomic E-state index is 10.4. The van der Waals surface area contributed by atoms with Crippen molar-refractivity contribution in [3.05, 3.63) is 0 Å². The van der Waals surface area contributed by atoms with Crippen LogP contribution < -0.4 is 9.86 Å². The third-order valence-corrected chi connectivity index (χ3v) is 1.68. The minimum atomic E-state index is -3.53. The van der Waals surface area contributed by atoms with E-state index in [1.807, 2.05) is 13.8 Å². The van der Waals surface area contributed by atoms with Crippen LogP contribution >= 0.6 is 0 Å². The molecule has 0 aliphatic rings. The summed E-state index contributed by atoms with van der Waals surface area (Å²) in [5.41, 5.74) is 0. The summed E-state index contributed by atoms with van der Waals surface area (Å²) in [5.74, 6) is 0. The lowest BCUT2D eigenvalue weighted by Gasteiger charge is -2.06. The van der Waals surface area contributed by atoms with Crippen molar-refractivity contribution in [2.45, 2.75) is 26.4 Å². The topological polar surface area (TPSA) is 81.4 Å². The minimum Gasteiger partial charge on any atom is -0.379 e. The van der Waals surface area contributed by atoms with Gasteiger partial charge >= 0.3 is 0 Å². The fourth-order valence-electron chi connectivity index (χ4n) is 0.606. The fraction of sp³-hybridized carbons (Fsp3) is 1.00. The van der Waals surface area contributed by atoms with E-state index in [0.29, 0.717) is 19.6 Å². The van der Waals surface area contributed by atoms with Gasteiger partial charge in [0, 0.05) is 13.2 Å². The van der Waals surface area contributed by atoms with Crippen LogP contribution in [0.1, 0.15) is 20.3 Å². The van der Waals surface area contributed by atoms with Crippen molar-refractivity contribution in [2.24, 2.45) is 5.14 Å². The van der Waals surface area contributed by atoms with Gasteiger partial charge in [-0.05, 0) is 20.3 Å². The molecule has 0 aliphatic heterocycles. The lowest BCUT2D eigenvalue weighted by atomic mass is 10.4. The highest BCUT2D eigenvalue weighted by atomic mass is 32.2. The Balaban J connectivity index is 3.23. The van der Waals surface area contributed by atoms with E-state index in [1.54, 1.807) is 0 Å². The van der Waals surface area contributed by atoms with Crippen molar-refractivity contribution in [3.8, 4) is 0 Å². The number of rotatable bonds is 6. The molecule has 0 atom stereocenters. The molecule has 12 heavy (non-hydrogen) atoms. The molecule has 0 saturated heterocycles. The molecule has 0 bridgehead atoms. The molecule has 0 heterocycles. The molecule has 0 spiro atoms. The SMILES string of the molecule is CC(C)OCCCNS(N)(=O)=O. The van der Waals surface area contributed by atoms with Gasteiger partial charge in [0.15, 0.2) is 0 Å². The van der Waals surface area contributed by atoms with Crippen LogP contribution in [-0.4, -0.2) is 27.7 Å². The van der Waals surface area contributed by atoms with Crippen LogP contribution in [0, 0.1) is 0 Å². The van der Waals surface area contributed by atoms with Crippen molar-refractivity contribution in [1.29, 1.82) is 0 Å². The number of nitrogens with two attached hydrogens (primary N) is 1. The normalized spacial score (nSPS) is 12.3. The van der Waals surface area contributed by atoms with Gasteiger partial charge in [0.1, 0.15) is 0 Å². The molecule has 0 saturated carbocycles. The number of hydrogen-bond donors (Lipinski definition) is 2. The summed E-state index contributed by atoms with van der Waals surface area (Å²) in [7, 11) is -3.53. The first-order valence-corrected chi connectivity index (χ1v) is 5.35. The maximum Gasteiger partial charge on any atom is 0.274 e. The summed E-state index contributed by atoms with van der Waals surface area (Å²) in [4.78, 5) is 0. The van der Waals surface area contributed by atoms with E-state index in [0.717, 1.165) is 0 Å². The van der Waals surface area contributed by atoms with Gasteiger partial charge in [0.25, 0.3) is 10.2 Å². The molecule has 5 nitrogen and oxygen atoms in total. The first-order chi connectivity index (χ1) is 5.42. The highest BCUT2D eigenvalue weighted by Gasteiger charge is 1.99. The van der Waals surface area contributed by atoms with Crippen LogP contribution in [-0.2, 0) is 14.9 Å².